The van der Waals surface area contributed by atoms with Gasteiger partial charge in [-0.2, -0.15) is 11.3 Å². The van der Waals surface area contributed by atoms with Crippen molar-refractivity contribution >= 4 is 17.2 Å². The quantitative estimate of drug-likeness (QED) is 0.786. The summed E-state index contributed by atoms with van der Waals surface area (Å²) in [6.45, 7) is 2.77. The third-order valence-corrected chi connectivity index (χ3v) is 5.13. The number of benzene rings is 1. The fraction of sp³-hybridized carbons (Fsp3) is 0.421. The van der Waals surface area contributed by atoms with Gasteiger partial charge in [-0.05, 0) is 60.5 Å². The number of nitrogens with zero attached hydrogens (tertiary/aromatic N) is 1. The van der Waals surface area contributed by atoms with E-state index < -0.39 is 0 Å². The highest BCUT2D eigenvalue weighted by Gasteiger charge is 2.24. The van der Waals surface area contributed by atoms with E-state index in [1.165, 1.54) is 18.4 Å². The summed E-state index contributed by atoms with van der Waals surface area (Å²) in [5.74, 6) is 1.09. The summed E-state index contributed by atoms with van der Waals surface area (Å²) in [4.78, 5) is 14.7. The number of hydrogen-bond acceptors (Lipinski definition) is 5. The minimum absolute atomic E-state index is 0.0171. The fourth-order valence-electron chi connectivity index (χ4n) is 3.12. The summed E-state index contributed by atoms with van der Waals surface area (Å²) >= 11 is 1.69. The van der Waals surface area contributed by atoms with Gasteiger partial charge in [0.2, 0.25) is 0 Å². The molecule has 1 unspecified atom stereocenters. The van der Waals surface area contributed by atoms with E-state index in [1.807, 2.05) is 18.2 Å². The predicted molar refractivity (Wildman–Crippen MR) is 99.4 cm³/mol. The molecule has 0 radical (unpaired) electrons. The van der Waals surface area contributed by atoms with Gasteiger partial charge in [0.1, 0.15) is 0 Å². The Morgan fingerprint density at radius 1 is 1.24 bits per heavy atom. The van der Waals surface area contributed by atoms with Gasteiger partial charge in [0.25, 0.3) is 5.91 Å². The van der Waals surface area contributed by atoms with Crippen LogP contribution in [0.15, 0.2) is 41.1 Å². The van der Waals surface area contributed by atoms with Crippen molar-refractivity contribution in [2.24, 2.45) is 0 Å². The van der Waals surface area contributed by atoms with Gasteiger partial charge in [-0.3, -0.25) is 9.69 Å². The van der Waals surface area contributed by atoms with E-state index in [4.69, 9.17) is 9.47 Å². The summed E-state index contributed by atoms with van der Waals surface area (Å²) in [6, 6.07) is 9.72. The fourth-order valence-corrected chi connectivity index (χ4v) is 3.83. The zero-order chi connectivity index (χ0) is 17.5. The van der Waals surface area contributed by atoms with Gasteiger partial charge < -0.3 is 14.8 Å². The van der Waals surface area contributed by atoms with Gasteiger partial charge in [-0.15, -0.1) is 0 Å². The van der Waals surface area contributed by atoms with Gasteiger partial charge in [0, 0.05) is 6.54 Å². The average molecular weight is 360 g/mol. The Bertz CT molecular complexity index is 669. The van der Waals surface area contributed by atoms with Crippen molar-refractivity contribution in [1.29, 1.82) is 0 Å². The number of nitrogens with one attached hydrogen (secondary N) is 1. The van der Waals surface area contributed by atoms with Crippen LogP contribution in [0.5, 0.6) is 11.5 Å². The molecule has 1 saturated heterocycles. The van der Waals surface area contributed by atoms with Crippen LogP contribution in [-0.4, -0.2) is 44.2 Å². The largest absolute Gasteiger partial charge is 0.493 e. The van der Waals surface area contributed by atoms with E-state index in [2.05, 4.69) is 27.0 Å². The van der Waals surface area contributed by atoms with Crippen LogP contribution >= 0.6 is 11.3 Å². The molecule has 1 aliphatic rings. The zero-order valence-electron chi connectivity index (χ0n) is 14.4. The molecule has 2 heterocycles. The smallest absolute Gasteiger partial charge is 0.258 e. The molecule has 1 aliphatic heterocycles. The SMILES string of the molecule is COc1ccccc1OCC(=O)NCC(c1ccsc1)N1CCCC1. The number of thiophene rings is 1. The molecule has 5 nitrogen and oxygen atoms in total. The van der Waals surface area contributed by atoms with Gasteiger partial charge in [-0.25, -0.2) is 0 Å². The Morgan fingerprint density at radius 2 is 2.00 bits per heavy atom. The van der Waals surface area contributed by atoms with E-state index in [9.17, 15) is 4.79 Å². The molecule has 2 aromatic rings. The Morgan fingerprint density at radius 3 is 2.68 bits per heavy atom. The molecule has 3 rings (SSSR count). The average Bonchev–Trinajstić information content (AvgIpc) is 3.35. The number of amides is 1. The molecule has 0 saturated carbocycles. The lowest BCUT2D eigenvalue weighted by Crippen LogP contribution is -2.38. The molecular formula is C19H24N2O3S. The number of hydrogen-bond donors (Lipinski definition) is 1. The molecule has 1 aromatic heterocycles. The van der Waals surface area contributed by atoms with Crippen LogP contribution in [0.4, 0.5) is 0 Å². The zero-order valence-corrected chi connectivity index (χ0v) is 15.3. The van der Waals surface area contributed by atoms with Crippen LogP contribution in [-0.2, 0) is 4.79 Å². The number of ether oxygens (including phenoxy) is 2. The van der Waals surface area contributed by atoms with Crippen molar-refractivity contribution in [1.82, 2.24) is 10.2 Å². The first-order chi connectivity index (χ1) is 12.3. The first-order valence-electron chi connectivity index (χ1n) is 8.56. The van der Waals surface area contributed by atoms with Crippen LogP contribution < -0.4 is 14.8 Å². The van der Waals surface area contributed by atoms with E-state index in [0.717, 1.165) is 13.1 Å². The molecule has 1 aromatic carbocycles. The minimum atomic E-state index is -0.120. The van der Waals surface area contributed by atoms with Crippen LogP contribution in [0.3, 0.4) is 0 Å². The van der Waals surface area contributed by atoms with E-state index in [-0.39, 0.29) is 18.6 Å². The highest BCUT2D eigenvalue weighted by atomic mass is 32.1. The Hall–Kier alpha value is -2.05. The van der Waals surface area contributed by atoms with Crippen LogP contribution in [0.2, 0.25) is 0 Å². The molecule has 1 N–H and O–H groups in total. The second-order valence-corrected chi connectivity index (χ2v) is 6.84. The lowest BCUT2D eigenvalue weighted by atomic mass is 10.1. The standard InChI is InChI=1S/C19H24N2O3S/c1-23-17-6-2-3-7-18(17)24-13-19(22)20-12-16(15-8-11-25-14-15)21-9-4-5-10-21/h2-3,6-8,11,14,16H,4-5,9-10,12-13H2,1H3,(H,20,22). The summed E-state index contributed by atoms with van der Waals surface area (Å²) in [5.41, 5.74) is 1.28. The lowest BCUT2D eigenvalue weighted by molar-refractivity contribution is -0.123. The Balaban J connectivity index is 1.53. The number of carbonyl (C=O) groups is 1. The second-order valence-electron chi connectivity index (χ2n) is 6.06. The maximum Gasteiger partial charge on any atom is 0.258 e. The van der Waals surface area contributed by atoms with Crippen molar-refractivity contribution in [3.8, 4) is 11.5 Å². The molecule has 0 spiro atoms. The van der Waals surface area contributed by atoms with E-state index >= 15 is 0 Å². The molecule has 1 amide bonds. The number of para-hydroxylation sites is 2. The molecule has 25 heavy (non-hydrogen) atoms. The third kappa shape index (κ3) is 4.74. The molecule has 134 valence electrons. The highest BCUT2D eigenvalue weighted by Crippen LogP contribution is 2.27. The first-order valence-corrected chi connectivity index (χ1v) is 9.51. The molecule has 0 aliphatic carbocycles. The lowest BCUT2D eigenvalue weighted by Gasteiger charge is -2.27. The molecular weight excluding hydrogens is 336 g/mol. The van der Waals surface area contributed by atoms with Crippen molar-refractivity contribution in [3.63, 3.8) is 0 Å². The third-order valence-electron chi connectivity index (χ3n) is 4.43. The van der Waals surface area contributed by atoms with Gasteiger partial charge in [0.15, 0.2) is 18.1 Å². The topological polar surface area (TPSA) is 50.8 Å². The van der Waals surface area contributed by atoms with Crippen LogP contribution in [0, 0.1) is 0 Å². The predicted octanol–water partition coefficient (Wildman–Crippen LogP) is 3.09. The number of carbonyl (C=O) groups excluding carboxylic acids is 1. The van der Waals surface area contributed by atoms with Crippen molar-refractivity contribution in [2.75, 3.05) is 33.4 Å². The molecule has 0 bridgehead atoms. The summed E-state index contributed by atoms with van der Waals surface area (Å²) in [5, 5.41) is 7.27. The summed E-state index contributed by atoms with van der Waals surface area (Å²) in [6.07, 6.45) is 2.46. The number of rotatable bonds is 8. The van der Waals surface area contributed by atoms with Gasteiger partial charge >= 0.3 is 0 Å². The van der Waals surface area contributed by atoms with Gasteiger partial charge in [0.05, 0.1) is 13.2 Å². The number of likely N-dealkylation sites (tertiary alicyclic amines) is 1. The Labute approximate surface area is 152 Å². The maximum atomic E-state index is 12.2. The highest BCUT2D eigenvalue weighted by molar-refractivity contribution is 7.07. The second kappa shape index (κ2) is 8.87. The van der Waals surface area contributed by atoms with Crippen molar-refractivity contribution < 1.29 is 14.3 Å². The maximum absolute atomic E-state index is 12.2. The normalized spacial score (nSPS) is 15.7. The number of methoxy groups -OCH3 is 1. The van der Waals surface area contributed by atoms with Gasteiger partial charge in [-0.1, -0.05) is 12.1 Å². The van der Waals surface area contributed by atoms with Crippen molar-refractivity contribution in [3.05, 3.63) is 46.7 Å². The van der Waals surface area contributed by atoms with Crippen molar-refractivity contribution in [2.45, 2.75) is 18.9 Å². The van der Waals surface area contributed by atoms with Crippen LogP contribution in [0.1, 0.15) is 24.4 Å². The monoisotopic (exact) mass is 360 g/mol. The first kappa shape index (κ1) is 17.8. The summed E-state index contributed by atoms with van der Waals surface area (Å²) < 4.78 is 10.8. The Kier molecular flexibility index (Phi) is 6.30. The summed E-state index contributed by atoms with van der Waals surface area (Å²) in [7, 11) is 1.59. The van der Waals surface area contributed by atoms with Crippen LogP contribution in [0.25, 0.3) is 0 Å². The molecule has 6 heteroatoms. The molecule has 1 atom stereocenters. The minimum Gasteiger partial charge on any atom is -0.493 e. The van der Waals surface area contributed by atoms with E-state index in [0.29, 0.717) is 18.0 Å². The molecule has 1 fully saturated rings. The van der Waals surface area contributed by atoms with E-state index in [1.54, 1.807) is 24.5 Å².